The number of aliphatic hydroxyl groups is 1. The number of hydrogen-bond acceptors (Lipinski definition) is 15. The highest BCUT2D eigenvalue weighted by Crippen LogP contribution is 2.45. The van der Waals surface area contributed by atoms with Crippen molar-refractivity contribution in [3.05, 3.63) is 0 Å². The second-order valence-corrected chi connectivity index (χ2v) is 26.9. The summed E-state index contributed by atoms with van der Waals surface area (Å²) in [5, 5.41) is 10.5. The molecule has 0 aromatic rings. The minimum absolute atomic E-state index is 0.106. The van der Waals surface area contributed by atoms with E-state index in [4.69, 9.17) is 37.0 Å². The summed E-state index contributed by atoms with van der Waals surface area (Å²) in [6.07, 6.45) is 43.0. The minimum Gasteiger partial charge on any atom is -0.462 e. The summed E-state index contributed by atoms with van der Waals surface area (Å²) < 4.78 is 68.0. The van der Waals surface area contributed by atoms with Gasteiger partial charge in [0, 0.05) is 25.7 Å². The molecule has 0 aliphatic rings. The number of carbonyl (C=O) groups excluding carboxylic acids is 4. The fraction of sp³-hybridized carbons (Fsp3) is 0.938. The van der Waals surface area contributed by atoms with Crippen LogP contribution in [0.1, 0.15) is 330 Å². The molecule has 0 amide bonds. The van der Waals surface area contributed by atoms with E-state index in [9.17, 15) is 43.2 Å². The van der Waals surface area contributed by atoms with Gasteiger partial charge in [0.1, 0.15) is 19.3 Å². The summed E-state index contributed by atoms with van der Waals surface area (Å²) in [4.78, 5) is 72.2. The molecule has 498 valence electrons. The van der Waals surface area contributed by atoms with Crippen molar-refractivity contribution in [2.75, 3.05) is 39.6 Å². The molecule has 0 aliphatic heterocycles. The fourth-order valence-electron chi connectivity index (χ4n) is 9.76. The summed E-state index contributed by atoms with van der Waals surface area (Å²) in [5.74, 6) is -1.38. The number of ether oxygens (including phenoxy) is 4. The quantitative estimate of drug-likeness (QED) is 0.0222. The molecule has 19 heteroatoms. The second kappa shape index (κ2) is 58.7. The monoisotopic (exact) mass is 1240 g/mol. The summed E-state index contributed by atoms with van der Waals surface area (Å²) in [6, 6.07) is 0. The van der Waals surface area contributed by atoms with Gasteiger partial charge < -0.3 is 33.8 Å². The molecular formula is C65H126O17P2. The molecule has 17 nitrogen and oxygen atoms in total. The van der Waals surface area contributed by atoms with Crippen LogP contribution in [-0.4, -0.2) is 96.7 Å². The van der Waals surface area contributed by atoms with Crippen LogP contribution in [0, 0.1) is 5.92 Å². The van der Waals surface area contributed by atoms with Gasteiger partial charge in [-0.15, -0.1) is 0 Å². The Balaban J connectivity index is 5.22. The Hall–Kier alpha value is -1.94. The molecule has 84 heavy (non-hydrogen) atoms. The van der Waals surface area contributed by atoms with Crippen LogP contribution in [0.4, 0.5) is 0 Å². The van der Waals surface area contributed by atoms with Crippen molar-refractivity contribution in [2.45, 2.75) is 348 Å². The molecule has 5 atom stereocenters. The lowest BCUT2D eigenvalue weighted by Gasteiger charge is -2.21. The molecule has 3 N–H and O–H groups in total. The van der Waals surface area contributed by atoms with Gasteiger partial charge >= 0.3 is 39.5 Å². The van der Waals surface area contributed by atoms with Crippen molar-refractivity contribution in [3.63, 3.8) is 0 Å². The summed E-state index contributed by atoms with van der Waals surface area (Å²) in [7, 11) is -9.88. The van der Waals surface area contributed by atoms with Crippen molar-refractivity contribution < 1.29 is 80.2 Å². The second-order valence-electron chi connectivity index (χ2n) is 24.0. The maximum atomic E-state index is 13.0. The normalized spacial score (nSPS) is 14.2. The van der Waals surface area contributed by atoms with Gasteiger partial charge in [0.15, 0.2) is 12.2 Å². The zero-order valence-corrected chi connectivity index (χ0v) is 55.8. The average molecular weight is 1240 g/mol. The van der Waals surface area contributed by atoms with Gasteiger partial charge in [-0.25, -0.2) is 9.13 Å². The Morgan fingerprint density at radius 2 is 0.548 bits per heavy atom. The van der Waals surface area contributed by atoms with E-state index in [1.54, 1.807) is 0 Å². The minimum atomic E-state index is -4.94. The number of rotatable bonds is 65. The summed E-state index contributed by atoms with van der Waals surface area (Å²) >= 11 is 0. The molecule has 0 radical (unpaired) electrons. The Morgan fingerprint density at radius 1 is 0.321 bits per heavy atom. The number of hydrogen-bond donors (Lipinski definition) is 3. The largest absolute Gasteiger partial charge is 0.472 e. The van der Waals surface area contributed by atoms with Crippen LogP contribution in [0.5, 0.6) is 0 Å². The van der Waals surface area contributed by atoms with Crippen LogP contribution in [0.2, 0.25) is 0 Å². The molecule has 0 bridgehead atoms. The number of phosphoric acid groups is 2. The van der Waals surface area contributed by atoms with Gasteiger partial charge in [0.2, 0.25) is 0 Å². The molecule has 0 aromatic carbocycles. The molecule has 0 spiro atoms. The van der Waals surface area contributed by atoms with E-state index in [2.05, 4.69) is 34.6 Å². The first-order valence-corrected chi connectivity index (χ1v) is 37.1. The predicted octanol–water partition coefficient (Wildman–Crippen LogP) is 18.2. The SMILES string of the molecule is CCCCCCCCCCCCCCCC(=O)OC[C@H](COP(=O)(O)OC[C@@H](O)COP(=O)(O)OC[C@@H](COC(=O)CCCCCCCCCC)OC(=O)CCCCCCCCCCCC)OC(=O)CCCCCCCCCCCCC(C)C. The van der Waals surface area contributed by atoms with Crippen LogP contribution >= 0.6 is 15.6 Å². The average Bonchev–Trinajstić information content (AvgIpc) is 3.57. The number of esters is 4. The molecule has 0 fully saturated rings. The van der Waals surface area contributed by atoms with E-state index in [-0.39, 0.29) is 25.7 Å². The van der Waals surface area contributed by atoms with Crippen molar-refractivity contribution in [2.24, 2.45) is 5.92 Å². The molecule has 0 aromatic heterocycles. The van der Waals surface area contributed by atoms with Crippen molar-refractivity contribution in [1.82, 2.24) is 0 Å². The van der Waals surface area contributed by atoms with Crippen molar-refractivity contribution in [1.29, 1.82) is 0 Å². The number of carbonyl (C=O) groups is 4. The van der Waals surface area contributed by atoms with Crippen LogP contribution in [0.3, 0.4) is 0 Å². The first-order valence-electron chi connectivity index (χ1n) is 34.1. The van der Waals surface area contributed by atoms with Crippen molar-refractivity contribution >= 4 is 39.5 Å². The van der Waals surface area contributed by atoms with Gasteiger partial charge in [-0.1, -0.05) is 279 Å². The standard InChI is InChI=1S/C65H126O17P2/c1-6-9-12-15-18-21-23-24-25-30-34-39-44-49-63(68)76-55-61(82-65(70)51-46-41-36-31-27-26-28-32-37-42-47-58(4)5)57-80-84(73,74)78-53-59(66)52-77-83(71,72)79-56-60(54-75-62(67)48-43-38-33-20-17-14-11-8-3)81-64(69)50-45-40-35-29-22-19-16-13-10-7-2/h58-61,66H,6-57H2,1-5H3,(H,71,72)(H,73,74)/t59-,60+,61+/m0/s1. The molecule has 0 rings (SSSR count). The van der Waals surface area contributed by atoms with Gasteiger partial charge in [0.25, 0.3) is 0 Å². The van der Waals surface area contributed by atoms with E-state index in [1.807, 2.05) is 0 Å². The van der Waals surface area contributed by atoms with Crippen LogP contribution in [-0.2, 0) is 65.4 Å². The maximum absolute atomic E-state index is 13.0. The first-order chi connectivity index (χ1) is 40.5. The zero-order valence-electron chi connectivity index (χ0n) is 54.0. The third-order valence-corrected chi connectivity index (χ3v) is 16.9. The molecule has 0 saturated carbocycles. The third kappa shape index (κ3) is 59.0. The zero-order chi connectivity index (χ0) is 62.0. The van der Waals surface area contributed by atoms with Gasteiger partial charge in [-0.2, -0.15) is 0 Å². The van der Waals surface area contributed by atoms with E-state index < -0.39 is 97.5 Å². The molecular weight excluding hydrogens is 1110 g/mol. The van der Waals surface area contributed by atoms with Gasteiger partial charge in [-0.3, -0.25) is 37.3 Å². The van der Waals surface area contributed by atoms with Crippen LogP contribution in [0.25, 0.3) is 0 Å². The van der Waals surface area contributed by atoms with Crippen molar-refractivity contribution in [3.8, 4) is 0 Å². The van der Waals surface area contributed by atoms with Gasteiger partial charge in [0.05, 0.1) is 26.4 Å². The smallest absolute Gasteiger partial charge is 0.462 e. The molecule has 0 aliphatic carbocycles. The number of unbranched alkanes of at least 4 members (excludes halogenated alkanes) is 37. The highest BCUT2D eigenvalue weighted by atomic mass is 31.2. The van der Waals surface area contributed by atoms with Crippen LogP contribution in [0.15, 0.2) is 0 Å². The Morgan fingerprint density at radius 3 is 0.810 bits per heavy atom. The Kier molecular flexibility index (Phi) is 57.4. The predicted molar refractivity (Wildman–Crippen MR) is 335 cm³/mol. The highest BCUT2D eigenvalue weighted by molar-refractivity contribution is 7.47. The highest BCUT2D eigenvalue weighted by Gasteiger charge is 2.30. The molecule has 0 saturated heterocycles. The topological polar surface area (TPSA) is 237 Å². The lowest BCUT2D eigenvalue weighted by Crippen LogP contribution is -2.30. The van der Waals surface area contributed by atoms with E-state index in [1.165, 1.54) is 148 Å². The summed E-state index contributed by atoms with van der Waals surface area (Å²) in [6.45, 7) is 7.17. The van der Waals surface area contributed by atoms with Gasteiger partial charge in [-0.05, 0) is 31.6 Å². The number of phosphoric ester groups is 2. The lowest BCUT2D eigenvalue weighted by molar-refractivity contribution is -0.161. The molecule has 2 unspecified atom stereocenters. The maximum Gasteiger partial charge on any atom is 0.472 e. The fourth-order valence-corrected chi connectivity index (χ4v) is 11.3. The first kappa shape index (κ1) is 82.1. The Bertz CT molecular complexity index is 1640. The van der Waals surface area contributed by atoms with Crippen LogP contribution < -0.4 is 0 Å². The number of aliphatic hydroxyl groups excluding tert-OH is 1. The summed E-state index contributed by atoms with van der Waals surface area (Å²) in [5.41, 5.74) is 0. The van der Waals surface area contributed by atoms with E-state index in [0.717, 1.165) is 102 Å². The van der Waals surface area contributed by atoms with E-state index >= 15 is 0 Å². The lowest BCUT2D eigenvalue weighted by atomic mass is 10.0. The Labute approximate surface area is 511 Å². The van der Waals surface area contributed by atoms with E-state index in [0.29, 0.717) is 25.7 Å². The molecule has 0 heterocycles. The third-order valence-electron chi connectivity index (χ3n) is 15.0.